The molecule has 3 rings (SSSR count). The summed E-state index contributed by atoms with van der Waals surface area (Å²) in [4.78, 5) is 28.8. The zero-order chi connectivity index (χ0) is 21.5. The number of amides is 2. The second-order valence-corrected chi connectivity index (χ2v) is 7.89. The average Bonchev–Trinajstić information content (AvgIpc) is 3.02. The largest absolute Gasteiger partial charge is 0.474 e. The molecule has 29 heavy (non-hydrogen) atoms. The van der Waals surface area contributed by atoms with Crippen molar-refractivity contribution in [3.8, 4) is 5.88 Å². The first kappa shape index (κ1) is 21.2. The maximum absolute atomic E-state index is 13.6. The van der Waals surface area contributed by atoms with E-state index in [0.717, 1.165) is 17.4 Å². The molecule has 1 aliphatic heterocycles. The van der Waals surface area contributed by atoms with E-state index in [9.17, 15) is 27.9 Å². The predicted molar refractivity (Wildman–Crippen MR) is 100 cm³/mol. The van der Waals surface area contributed by atoms with Gasteiger partial charge in [-0.2, -0.15) is 13.2 Å². The highest BCUT2D eigenvalue weighted by Crippen LogP contribution is 2.40. The van der Waals surface area contributed by atoms with Crippen LogP contribution >= 0.6 is 11.3 Å². The first-order chi connectivity index (χ1) is 13.5. The zero-order valence-electron chi connectivity index (χ0n) is 15.9. The minimum Gasteiger partial charge on any atom is -0.474 e. The second-order valence-electron chi connectivity index (χ2n) is 7.01. The van der Waals surface area contributed by atoms with E-state index >= 15 is 0 Å². The van der Waals surface area contributed by atoms with Crippen LogP contribution in [-0.2, 0) is 6.18 Å². The molecule has 2 aromatic heterocycles. The van der Waals surface area contributed by atoms with Gasteiger partial charge >= 0.3 is 12.3 Å². The number of hydrogen-bond acceptors (Lipinski definition) is 5. The molecule has 11 heteroatoms. The summed E-state index contributed by atoms with van der Waals surface area (Å²) in [5, 5.41) is 13.0. The first-order valence-electron chi connectivity index (χ1n) is 8.92. The molecule has 0 bridgehead atoms. The number of likely N-dealkylation sites (tertiary alicyclic amines) is 1. The number of aromatic nitrogens is 1. The van der Waals surface area contributed by atoms with E-state index in [2.05, 4.69) is 10.3 Å². The van der Waals surface area contributed by atoms with Crippen molar-refractivity contribution < 1.29 is 32.6 Å². The predicted octanol–water partition coefficient (Wildman–Crippen LogP) is 3.97. The van der Waals surface area contributed by atoms with E-state index in [1.165, 1.54) is 17.3 Å². The van der Waals surface area contributed by atoms with E-state index in [1.807, 2.05) is 0 Å². The number of hydrogen-bond donors (Lipinski definition) is 2. The highest BCUT2D eigenvalue weighted by molar-refractivity contribution is 7.17. The number of ether oxygens (including phenoxy) is 1. The molecular weight excluding hydrogens is 411 g/mol. The topological polar surface area (TPSA) is 91.8 Å². The molecule has 1 saturated heterocycles. The molecule has 2 unspecified atom stereocenters. The molecule has 158 valence electrons. The van der Waals surface area contributed by atoms with Crippen molar-refractivity contribution in [2.75, 3.05) is 7.05 Å². The maximum Gasteiger partial charge on any atom is 0.418 e. The Morgan fingerprint density at radius 3 is 2.45 bits per heavy atom. The van der Waals surface area contributed by atoms with Crippen LogP contribution in [0.1, 0.15) is 42.6 Å². The monoisotopic (exact) mass is 431 g/mol. The van der Waals surface area contributed by atoms with E-state index in [4.69, 9.17) is 4.74 Å². The number of fused-ring (bicyclic) bond motifs is 1. The number of carbonyl (C=O) groups excluding carboxylic acids is 1. The summed E-state index contributed by atoms with van der Waals surface area (Å²) in [6, 6.07) is 0.134. The highest BCUT2D eigenvalue weighted by atomic mass is 32.1. The van der Waals surface area contributed by atoms with Gasteiger partial charge in [0.2, 0.25) is 5.88 Å². The Hall–Kier alpha value is -2.56. The number of thiophene rings is 1. The SMILES string of the molecule is CNC(=O)c1csc2c(C(F)(F)F)cc(OC3CC(C)N(C(=O)O)C(C)C3)nc12. The summed E-state index contributed by atoms with van der Waals surface area (Å²) < 4.78 is 46.4. The van der Waals surface area contributed by atoms with E-state index in [-0.39, 0.29) is 33.7 Å². The van der Waals surface area contributed by atoms with Crippen molar-refractivity contribution in [1.82, 2.24) is 15.2 Å². The Morgan fingerprint density at radius 1 is 1.31 bits per heavy atom. The number of carbonyl (C=O) groups is 2. The Morgan fingerprint density at radius 2 is 1.93 bits per heavy atom. The third kappa shape index (κ3) is 4.09. The Balaban J connectivity index is 1.97. The van der Waals surface area contributed by atoms with Gasteiger partial charge in [0.1, 0.15) is 6.10 Å². The number of piperidine rings is 1. The van der Waals surface area contributed by atoms with Crippen molar-refractivity contribution in [2.24, 2.45) is 0 Å². The number of pyridine rings is 1. The van der Waals surface area contributed by atoms with Gasteiger partial charge in [-0.05, 0) is 13.8 Å². The summed E-state index contributed by atoms with van der Waals surface area (Å²) >= 11 is 0.799. The molecule has 0 radical (unpaired) electrons. The van der Waals surface area contributed by atoms with Gasteiger partial charge in [-0.1, -0.05) is 0 Å². The number of nitrogens with zero attached hydrogens (tertiary/aromatic N) is 2. The summed E-state index contributed by atoms with van der Waals surface area (Å²) in [6.45, 7) is 3.45. The van der Waals surface area contributed by atoms with Crippen molar-refractivity contribution in [3.63, 3.8) is 0 Å². The summed E-state index contributed by atoms with van der Waals surface area (Å²) in [5.41, 5.74) is -0.934. The van der Waals surface area contributed by atoms with Gasteiger partial charge in [0.25, 0.3) is 5.91 Å². The normalized spacial score (nSPS) is 22.6. The third-order valence-corrected chi connectivity index (χ3v) is 5.94. The van der Waals surface area contributed by atoms with Gasteiger partial charge in [0, 0.05) is 43.4 Å². The lowest BCUT2D eigenvalue weighted by atomic mass is 9.95. The molecular formula is C18H20F3N3O4S. The molecule has 0 aromatic carbocycles. The van der Waals surface area contributed by atoms with Crippen molar-refractivity contribution in [1.29, 1.82) is 0 Å². The lowest BCUT2D eigenvalue weighted by molar-refractivity contribution is -0.136. The molecule has 0 aliphatic carbocycles. The minimum absolute atomic E-state index is 0.0471. The fourth-order valence-corrected chi connectivity index (χ4v) is 4.74. The van der Waals surface area contributed by atoms with Gasteiger partial charge in [-0.15, -0.1) is 11.3 Å². The number of halogens is 3. The Kier molecular flexibility index (Phi) is 5.61. The summed E-state index contributed by atoms with van der Waals surface area (Å²) in [5.74, 6) is -0.771. The zero-order valence-corrected chi connectivity index (χ0v) is 16.7. The number of carboxylic acid groups (broad SMARTS) is 1. The van der Waals surface area contributed by atoms with Crippen molar-refractivity contribution in [2.45, 2.75) is 51.1 Å². The number of rotatable bonds is 3. The number of nitrogens with one attached hydrogen (secondary N) is 1. The highest BCUT2D eigenvalue weighted by Gasteiger charge is 2.38. The minimum atomic E-state index is -4.64. The van der Waals surface area contributed by atoms with Gasteiger partial charge in [0.15, 0.2) is 0 Å². The van der Waals surface area contributed by atoms with Crippen LogP contribution in [0.25, 0.3) is 10.2 Å². The summed E-state index contributed by atoms with van der Waals surface area (Å²) in [6.07, 6.45) is -5.54. The fourth-order valence-electron chi connectivity index (χ4n) is 3.71. The van der Waals surface area contributed by atoms with Crippen LogP contribution in [0.15, 0.2) is 11.4 Å². The second kappa shape index (κ2) is 7.69. The van der Waals surface area contributed by atoms with Gasteiger partial charge in [0.05, 0.1) is 21.3 Å². The van der Waals surface area contributed by atoms with E-state index in [0.29, 0.717) is 12.8 Å². The molecule has 0 spiro atoms. The molecule has 7 nitrogen and oxygen atoms in total. The van der Waals surface area contributed by atoms with Crippen LogP contribution in [0.3, 0.4) is 0 Å². The van der Waals surface area contributed by atoms with Crippen LogP contribution in [-0.4, -0.2) is 52.2 Å². The standard InChI is InChI=1S/C18H20F3N3O4S/c1-8-4-10(5-9(2)24(8)17(26)27)28-13-6-12(18(19,20)21)15-14(23-13)11(7-29-15)16(25)22-3/h6-10H,4-5H2,1-3H3,(H,22,25)(H,26,27). The number of alkyl halides is 3. The van der Waals surface area contributed by atoms with Crippen LogP contribution in [0, 0.1) is 0 Å². The van der Waals surface area contributed by atoms with Gasteiger partial charge in [-0.25, -0.2) is 9.78 Å². The lowest BCUT2D eigenvalue weighted by Crippen LogP contribution is -2.51. The molecule has 2 amide bonds. The van der Waals surface area contributed by atoms with E-state index in [1.54, 1.807) is 13.8 Å². The molecule has 2 atom stereocenters. The maximum atomic E-state index is 13.6. The molecule has 0 saturated carbocycles. The molecule has 1 fully saturated rings. The van der Waals surface area contributed by atoms with Crippen LogP contribution in [0.5, 0.6) is 5.88 Å². The molecule has 1 aliphatic rings. The Labute approximate surface area is 168 Å². The molecule has 2 aromatic rings. The van der Waals surface area contributed by atoms with Gasteiger partial charge < -0.3 is 20.1 Å². The quantitative estimate of drug-likeness (QED) is 0.767. The van der Waals surface area contributed by atoms with Crippen molar-refractivity contribution >= 4 is 33.6 Å². The molecule has 3 heterocycles. The average molecular weight is 431 g/mol. The van der Waals surface area contributed by atoms with Crippen molar-refractivity contribution in [3.05, 3.63) is 22.6 Å². The van der Waals surface area contributed by atoms with Crippen LogP contribution in [0.4, 0.5) is 18.0 Å². The lowest BCUT2D eigenvalue weighted by Gasteiger charge is -2.40. The van der Waals surface area contributed by atoms with Gasteiger partial charge in [-0.3, -0.25) is 4.79 Å². The van der Waals surface area contributed by atoms with E-state index < -0.39 is 29.8 Å². The third-order valence-electron chi connectivity index (χ3n) is 4.94. The molecule has 2 N–H and O–H groups in total. The summed E-state index contributed by atoms with van der Waals surface area (Å²) in [7, 11) is 1.38. The smallest absolute Gasteiger partial charge is 0.418 e. The van der Waals surface area contributed by atoms with Crippen LogP contribution < -0.4 is 10.1 Å². The Bertz CT molecular complexity index is 934. The fraction of sp³-hybridized carbons (Fsp3) is 0.500. The van der Waals surface area contributed by atoms with Crippen LogP contribution in [0.2, 0.25) is 0 Å². The first-order valence-corrected chi connectivity index (χ1v) is 9.80.